The predicted molar refractivity (Wildman–Crippen MR) is 66.5 cm³/mol. The Morgan fingerprint density at radius 3 is 0.938 bits per heavy atom. The highest BCUT2D eigenvalue weighted by Gasteiger charge is 1.95. The summed E-state index contributed by atoms with van der Waals surface area (Å²) in [5.41, 5.74) is 9.07. The lowest BCUT2D eigenvalue weighted by Gasteiger charge is -2.05. The van der Waals surface area contributed by atoms with Crippen LogP contribution >= 0.6 is 0 Å². The van der Waals surface area contributed by atoms with Gasteiger partial charge in [-0.15, -0.1) is 0 Å². The van der Waals surface area contributed by atoms with Crippen molar-refractivity contribution in [1.82, 2.24) is 0 Å². The lowest BCUT2D eigenvalue weighted by atomic mass is 10.0. The van der Waals surface area contributed by atoms with Crippen molar-refractivity contribution in [2.24, 2.45) is 11.5 Å². The lowest BCUT2D eigenvalue weighted by Crippen LogP contribution is -2.04. The van der Waals surface area contributed by atoms with Crippen molar-refractivity contribution < 1.29 is 9.59 Å². The van der Waals surface area contributed by atoms with E-state index in [2.05, 4.69) is 24.6 Å². The second-order valence-corrected chi connectivity index (χ2v) is 3.33. The fourth-order valence-corrected chi connectivity index (χ4v) is 1.06. The van der Waals surface area contributed by atoms with Crippen LogP contribution in [-0.2, 0) is 9.59 Å². The van der Waals surface area contributed by atoms with Crippen LogP contribution in [0.4, 0.5) is 0 Å². The van der Waals surface area contributed by atoms with Gasteiger partial charge < -0.3 is 11.5 Å². The van der Waals surface area contributed by atoms with Crippen LogP contribution in [0.25, 0.3) is 0 Å². The summed E-state index contributed by atoms with van der Waals surface area (Å²) in [7, 11) is 0. The summed E-state index contributed by atoms with van der Waals surface area (Å²) in [5.74, 6) is -0.963. The summed E-state index contributed by atoms with van der Waals surface area (Å²) in [6.07, 6.45) is 11.1. The van der Waals surface area contributed by atoms with Crippen molar-refractivity contribution in [2.75, 3.05) is 0 Å². The van der Waals surface area contributed by atoms with E-state index in [0.717, 1.165) is 12.2 Å². The molecular weight excluding hydrogens is 204 g/mol. The Morgan fingerprint density at radius 2 is 0.875 bits per heavy atom. The van der Waals surface area contributed by atoms with Gasteiger partial charge in [0.05, 0.1) is 0 Å². The Kier molecular flexibility index (Phi) is 14.1. The van der Waals surface area contributed by atoms with Gasteiger partial charge in [0, 0.05) is 0 Å². The molecule has 1 saturated carbocycles. The summed E-state index contributed by atoms with van der Waals surface area (Å²) < 4.78 is 0. The second kappa shape index (κ2) is 13.4. The molecule has 0 radical (unpaired) electrons. The van der Waals surface area contributed by atoms with E-state index in [-0.39, 0.29) is 0 Å². The first-order valence-electron chi connectivity index (χ1n) is 5.38. The van der Waals surface area contributed by atoms with Crippen molar-refractivity contribution in [3.8, 4) is 0 Å². The zero-order valence-corrected chi connectivity index (χ0v) is 9.78. The van der Waals surface area contributed by atoms with Crippen LogP contribution in [0.1, 0.15) is 38.5 Å². The van der Waals surface area contributed by atoms with Gasteiger partial charge >= 0.3 is 0 Å². The molecule has 0 unspecified atom stereocenters. The maximum absolute atomic E-state index is 9.47. The van der Waals surface area contributed by atoms with E-state index in [1.165, 1.54) is 38.5 Å². The Balaban J connectivity index is 0. The molecule has 92 valence electrons. The van der Waals surface area contributed by atoms with Gasteiger partial charge in [-0.05, 0) is 12.2 Å². The molecule has 4 N–H and O–H groups in total. The largest absolute Gasteiger partial charge is 0.366 e. The Morgan fingerprint density at radius 1 is 0.750 bits per heavy atom. The summed E-state index contributed by atoms with van der Waals surface area (Å²) in [4.78, 5) is 18.9. The number of nitrogens with two attached hydrogens (primary N) is 2. The Bertz CT molecular complexity index is 192. The van der Waals surface area contributed by atoms with Gasteiger partial charge in [0.15, 0.2) is 0 Å². The van der Waals surface area contributed by atoms with Gasteiger partial charge in [-0.3, -0.25) is 9.59 Å². The topological polar surface area (TPSA) is 86.2 Å². The van der Waals surface area contributed by atoms with Crippen LogP contribution < -0.4 is 11.5 Å². The summed E-state index contributed by atoms with van der Waals surface area (Å²) in [6.45, 7) is 6.17. The van der Waals surface area contributed by atoms with E-state index in [4.69, 9.17) is 0 Å². The summed E-state index contributed by atoms with van der Waals surface area (Å²) >= 11 is 0. The maximum atomic E-state index is 9.47. The van der Waals surface area contributed by atoms with E-state index in [1.807, 2.05) is 0 Å². The molecule has 0 aromatic heterocycles. The molecule has 0 bridgehead atoms. The van der Waals surface area contributed by atoms with Crippen LogP contribution in [0.15, 0.2) is 25.3 Å². The fraction of sp³-hybridized carbons (Fsp3) is 0.500. The fourth-order valence-electron chi connectivity index (χ4n) is 1.06. The minimum absolute atomic E-state index is 0.481. The molecule has 2 amide bonds. The van der Waals surface area contributed by atoms with Crippen LogP contribution in [0.2, 0.25) is 0 Å². The average Bonchev–Trinajstić information content (AvgIpc) is 2.32. The zero-order valence-electron chi connectivity index (χ0n) is 9.78. The molecule has 0 aliphatic heterocycles. The van der Waals surface area contributed by atoms with E-state index in [1.54, 1.807) is 0 Å². The van der Waals surface area contributed by atoms with Crippen molar-refractivity contribution in [1.29, 1.82) is 0 Å². The number of rotatable bonds is 2. The Hall–Kier alpha value is -1.58. The van der Waals surface area contributed by atoms with Crippen molar-refractivity contribution in [2.45, 2.75) is 38.5 Å². The van der Waals surface area contributed by atoms with Crippen LogP contribution in [-0.4, -0.2) is 11.8 Å². The van der Waals surface area contributed by atoms with Crippen molar-refractivity contribution in [3.63, 3.8) is 0 Å². The number of hydrogen-bond acceptors (Lipinski definition) is 2. The molecule has 4 nitrogen and oxygen atoms in total. The quantitative estimate of drug-likeness (QED) is 0.701. The van der Waals surface area contributed by atoms with E-state index < -0.39 is 11.8 Å². The highest BCUT2D eigenvalue weighted by atomic mass is 16.1. The molecule has 0 spiro atoms. The number of carbonyl (C=O) groups excluding carboxylic acids is 2. The normalized spacial score (nSPS) is 13.0. The van der Waals surface area contributed by atoms with Gasteiger partial charge in [0.1, 0.15) is 0 Å². The van der Waals surface area contributed by atoms with Gasteiger partial charge in [-0.1, -0.05) is 51.7 Å². The molecule has 1 aliphatic carbocycles. The number of hydrogen-bond donors (Lipinski definition) is 2. The molecule has 16 heavy (non-hydrogen) atoms. The predicted octanol–water partition coefficient (Wildman–Crippen LogP) is 1.66. The minimum Gasteiger partial charge on any atom is -0.366 e. The molecule has 0 aromatic rings. The molecule has 0 aromatic carbocycles. The van der Waals surface area contributed by atoms with Crippen LogP contribution in [0, 0.1) is 0 Å². The van der Waals surface area contributed by atoms with Crippen LogP contribution in [0.3, 0.4) is 0 Å². The first-order valence-corrected chi connectivity index (χ1v) is 5.38. The van der Waals surface area contributed by atoms with Crippen molar-refractivity contribution in [3.05, 3.63) is 25.3 Å². The molecule has 1 rings (SSSR count). The molecule has 0 atom stereocenters. The molecule has 0 saturated heterocycles. The molecule has 1 aliphatic rings. The van der Waals surface area contributed by atoms with Crippen molar-refractivity contribution >= 4 is 11.8 Å². The number of amides is 2. The zero-order chi connectivity index (χ0) is 12.8. The van der Waals surface area contributed by atoms with Gasteiger partial charge in [-0.25, -0.2) is 0 Å². The first kappa shape index (κ1) is 16.8. The number of primary amides is 2. The van der Waals surface area contributed by atoms with Gasteiger partial charge in [0.25, 0.3) is 0 Å². The minimum atomic E-state index is -0.481. The maximum Gasteiger partial charge on any atom is 0.240 e. The monoisotopic (exact) mass is 226 g/mol. The standard InChI is InChI=1S/C6H12.2C3H5NO/c1-2-4-6-5-3-1;2*1-2-3(4)5/h1-6H2;2*2H,1H2,(H2,4,5). The highest BCUT2D eigenvalue weighted by molar-refractivity contribution is 5.85. The first-order chi connectivity index (χ1) is 7.54. The summed E-state index contributed by atoms with van der Waals surface area (Å²) in [5, 5.41) is 0. The lowest BCUT2D eigenvalue weighted by molar-refractivity contribution is -0.114. The van der Waals surface area contributed by atoms with E-state index >= 15 is 0 Å². The molecule has 0 heterocycles. The smallest absolute Gasteiger partial charge is 0.240 e. The summed E-state index contributed by atoms with van der Waals surface area (Å²) in [6, 6.07) is 0. The third-order valence-electron chi connectivity index (χ3n) is 1.90. The highest BCUT2D eigenvalue weighted by Crippen LogP contribution is 2.15. The van der Waals surface area contributed by atoms with Gasteiger partial charge in [-0.2, -0.15) is 0 Å². The average molecular weight is 226 g/mol. The van der Waals surface area contributed by atoms with E-state index in [0.29, 0.717) is 0 Å². The van der Waals surface area contributed by atoms with Crippen LogP contribution in [0.5, 0.6) is 0 Å². The molecule has 4 heteroatoms. The molecule has 1 fully saturated rings. The Labute approximate surface area is 97.4 Å². The molecular formula is C12H22N2O2. The second-order valence-electron chi connectivity index (χ2n) is 3.33. The van der Waals surface area contributed by atoms with E-state index in [9.17, 15) is 9.59 Å². The SMILES string of the molecule is C1CCCCC1.C=CC(N)=O.C=CC(N)=O. The third kappa shape index (κ3) is 22.8. The third-order valence-corrected chi connectivity index (χ3v) is 1.90. The van der Waals surface area contributed by atoms with Gasteiger partial charge in [0.2, 0.25) is 11.8 Å². The number of carbonyl (C=O) groups is 2.